The first-order valence-electron chi connectivity index (χ1n) is 3.61. The molecule has 1 radical (unpaired) electrons. The Morgan fingerprint density at radius 3 is 2.10 bits per heavy atom. The van der Waals surface area contributed by atoms with Crippen LogP contribution in [0.1, 0.15) is 26.7 Å². The Kier molecular flexibility index (Phi) is 5.26. The van der Waals surface area contributed by atoms with Gasteiger partial charge in [-0.3, -0.25) is 0 Å². The monoisotopic (exact) mass is 211 g/mol. The summed E-state index contributed by atoms with van der Waals surface area (Å²) in [6.07, 6.45) is 9.03. The summed E-state index contributed by atoms with van der Waals surface area (Å²) < 4.78 is 0. The summed E-state index contributed by atoms with van der Waals surface area (Å²) >= 11 is 0. The molecule has 0 nitrogen and oxygen atoms in total. The van der Waals surface area contributed by atoms with E-state index >= 15 is 0 Å². The van der Waals surface area contributed by atoms with Crippen molar-refractivity contribution < 1.29 is 26.2 Å². The molecular weight excluding hydrogens is 199 g/mol. The fourth-order valence-electron chi connectivity index (χ4n) is 0.988. The molecule has 1 rings (SSSR count). The maximum Gasteiger partial charge on any atom is 0.0193 e. The van der Waals surface area contributed by atoms with Crippen LogP contribution in [-0.2, 0) is 26.2 Å². The summed E-state index contributed by atoms with van der Waals surface area (Å²) in [6.45, 7) is 4.38. The Labute approximate surface area is 82.5 Å². The molecule has 0 amide bonds. The molecule has 0 saturated heterocycles. The van der Waals surface area contributed by atoms with Crippen LogP contribution in [0.3, 0.4) is 0 Å². The zero-order valence-corrected chi connectivity index (χ0v) is 9.10. The van der Waals surface area contributed by atoms with Crippen LogP contribution < -0.4 is 0 Å². The van der Waals surface area contributed by atoms with Crippen molar-refractivity contribution in [1.29, 1.82) is 0 Å². The van der Waals surface area contributed by atoms with Crippen LogP contribution >= 0.6 is 0 Å². The molecule has 0 saturated carbocycles. The van der Waals surface area contributed by atoms with Gasteiger partial charge in [0.25, 0.3) is 0 Å². The first-order chi connectivity index (χ1) is 4.36. The minimum Gasteiger partial charge on any atom is -0.0731 e. The molecule has 1 aliphatic carbocycles. The molecule has 0 fully saturated rings. The van der Waals surface area contributed by atoms with Gasteiger partial charge in [-0.2, -0.15) is 0 Å². The summed E-state index contributed by atoms with van der Waals surface area (Å²) in [7, 11) is 0. The topological polar surface area (TPSA) is 0 Å². The fraction of sp³-hybridized carbons (Fsp3) is 0.444. The molecule has 0 spiro atoms. The zero-order chi connectivity index (χ0) is 6.69. The van der Waals surface area contributed by atoms with Gasteiger partial charge in [0.2, 0.25) is 0 Å². The van der Waals surface area contributed by atoms with E-state index in [2.05, 4.69) is 32.1 Å². The van der Waals surface area contributed by atoms with Crippen LogP contribution in [0.25, 0.3) is 0 Å². The van der Waals surface area contributed by atoms with E-state index in [1.54, 1.807) is 0 Å². The molecule has 0 N–H and O–H groups in total. The minimum atomic E-state index is 0. The van der Waals surface area contributed by atoms with Crippen molar-refractivity contribution in [3.05, 3.63) is 29.7 Å². The van der Waals surface area contributed by atoms with Gasteiger partial charge in [-0.25, -0.2) is 0 Å². The Hall–Kier alpha value is 0.363. The van der Waals surface area contributed by atoms with Crippen molar-refractivity contribution in [3.8, 4) is 0 Å². The first-order valence-corrected chi connectivity index (χ1v) is 3.61. The van der Waals surface area contributed by atoms with Gasteiger partial charge in [-0.05, 0) is 12.8 Å². The largest absolute Gasteiger partial charge is 0.0731 e. The van der Waals surface area contributed by atoms with E-state index in [1.807, 2.05) is 0 Å². The molecule has 0 aromatic carbocycles. The minimum absolute atomic E-state index is 0. The molecule has 0 aromatic heterocycles. The average Bonchev–Trinajstić information content (AvgIpc) is 2.34. The number of hydrogen-bond acceptors (Lipinski definition) is 0. The van der Waals surface area contributed by atoms with Gasteiger partial charge in [-0.15, -0.1) is 0 Å². The first kappa shape index (κ1) is 10.4. The van der Waals surface area contributed by atoms with E-state index in [9.17, 15) is 0 Å². The summed E-state index contributed by atoms with van der Waals surface area (Å²) in [5, 5.41) is 0. The predicted octanol–water partition coefficient (Wildman–Crippen LogP) is 2.87. The van der Waals surface area contributed by atoms with Crippen LogP contribution in [0, 0.1) is 5.92 Å². The number of allylic oxidation sites excluding steroid dienone is 4. The van der Waals surface area contributed by atoms with Gasteiger partial charge < -0.3 is 0 Å². The molecule has 53 valence electrons. The molecule has 10 heavy (non-hydrogen) atoms. The van der Waals surface area contributed by atoms with Gasteiger partial charge in [0.1, 0.15) is 0 Å². The van der Waals surface area contributed by atoms with Gasteiger partial charge in [0.05, 0.1) is 0 Å². The van der Waals surface area contributed by atoms with Gasteiger partial charge in [0, 0.05) is 32.1 Å². The molecule has 1 aliphatic rings. The third-order valence-electron chi connectivity index (χ3n) is 1.70. The van der Waals surface area contributed by atoms with Crippen molar-refractivity contribution in [2.45, 2.75) is 26.7 Å². The maximum atomic E-state index is 2.28. The SMILES string of the molecule is CC[C]1C=CC(CC)=C1.[Zr]. The van der Waals surface area contributed by atoms with Crippen LogP contribution in [0.15, 0.2) is 23.8 Å². The van der Waals surface area contributed by atoms with E-state index < -0.39 is 0 Å². The fourth-order valence-corrected chi connectivity index (χ4v) is 0.988. The van der Waals surface area contributed by atoms with Crippen molar-refractivity contribution in [3.63, 3.8) is 0 Å². The molecule has 0 aromatic rings. The molecule has 1 heteroatoms. The van der Waals surface area contributed by atoms with Crippen LogP contribution in [0.5, 0.6) is 0 Å². The second kappa shape index (κ2) is 5.07. The van der Waals surface area contributed by atoms with Crippen molar-refractivity contribution in [1.82, 2.24) is 0 Å². The van der Waals surface area contributed by atoms with Crippen LogP contribution in [-0.4, -0.2) is 0 Å². The molecule has 0 heterocycles. The zero-order valence-electron chi connectivity index (χ0n) is 6.65. The van der Waals surface area contributed by atoms with Gasteiger partial charge in [-0.1, -0.05) is 37.6 Å². The van der Waals surface area contributed by atoms with Gasteiger partial charge >= 0.3 is 0 Å². The van der Waals surface area contributed by atoms with Crippen molar-refractivity contribution >= 4 is 0 Å². The van der Waals surface area contributed by atoms with E-state index in [4.69, 9.17) is 0 Å². The van der Waals surface area contributed by atoms with Crippen LogP contribution in [0.2, 0.25) is 0 Å². The van der Waals surface area contributed by atoms with E-state index in [0.717, 1.165) is 0 Å². The molecule has 0 bridgehead atoms. The summed E-state index contributed by atoms with van der Waals surface area (Å²) in [6, 6.07) is 0. The second-order valence-electron chi connectivity index (χ2n) is 2.33. The molecular formula is C9H13Zr. The average molecular weight is 212 g/mol. The normalized spacial score (nSPS) is 16.8. The third kappa shape index (κ3) is 2.54. The second-order valence-corrected chi connectivity index (χ2v) is 2.33. The predicted molar refractivity (Wildman–Crippen MR) is 41.0 cm³/mol. The third-order valence-corrected chi connectivity index (χ3v) is 1.70. The molecule has 0 unspecified atom stereocenters. The Bertz CT molecular complexity index is 145. The maximum absolute atomic E-state index is 2.28. The van der Waals surface area contributed by atoms with Crippen LogP contribution in [0.4, 0.5) is 0 Å². The molecule has 0 aliphatic heterocycles. The van der Waals surface area contributed by atoms with Crippen molar-refractivity contribution in [2.75, 3.05) is 0 Å². The summed E-state index contributed by atoms with van der Waals surface area (Å²) in [4.78, 5) is 0. The Morgan fingerprint density at radius 1 is 1.10 bits per heavy atom. The van der Waals surface area contributed by atoms with Gasteiger partial charge in [0.15, 0.2) is 0 Å². The van der Waals surface area contributed by atoms with E-state index in [0.29, 0.717) is 0 Å². The standard InChI is InChI=1S/C9H13.Zr/c1-3-8-5-6-9(4-2)7-8;/h5-7H,3-4H2,1-2H3;. The van der Waals surface area contributed by atoms with E-state index in [1.165, 1.54) is 24.3 Å². The number of hydrogen-bond donors (Lipinski definition) is 0. The number of rotatable bonds is 2. The Morgan fingerprint density at radius 2 is 1.80 bits per heavy atom. The Balaban J connectivity index is 0.000000810. The quantitative estimate of drug-likeness (QED) is 0.660. The smallest absolute Gasteiger partial charge is 0.0193 e. The van der Waals surface area contributed by atoms with Crippen molar-refractivity contribution in [2.24, 2.45) is 0 Å². The summed E-state index contributed by atoms with van der Waals surface area (Å²) in [5.41, 5.74) is 1.46. The van der Waals surface area contributed by atoms with E-state index in [-0.39, 0.29) is 26.2 Å². The molecule has 0 atom stereocenters. The summed E-state index contributed by atoms with van der Waals surface area (Å²) in [5.74, 6) is 1.46.